The SMILES string of the molecule is Cc1c(CC(=O)O)c(C)c([B-](F)(F)F)c(C)c1N(C)C(=O)OCC1c2ccccc2-c2ccccc21. The largest absolute Gasteiger partial charge is 0.510 e. The first-order valence-corrected chi connectivity index (χ1v) is 11.6. The van der Waals surface area contributed by atoms with E-state index in [4.69, 9.17) is 4.74 Å². The van der Waals surface area contributed by atoms with E-state index in [0.717, 1.165) is 27.2 Å². The number of nitrogens with zero attached hydrogens (tertiary/aromatic N) is 1. The number of amides is 1. The summed E-state index contributed by atoms with van der Waals surface area (Å²) in [5, 5.41) is 9.30. The third-order valence-electron chi connectivity index (χ3n) is 7.02. The minimum Gasteiger partial charge on any atom is -0.481 e. The maximum atomic E-state index is 14.0. The minimum absolute atomic E-state index is 0.0131. The van der Waals surface area contributed by atoms with Gasteiger partial charge in [0.15, 0.2) is 0 Å². The van der Waals surface area contributed by atoms with Crippen molar-refractivity contribution in [2.75, 3.05) is 18.6 Å². The number of hydrogen-bond donors (Lipinski definition) is 1. The van der Waals surface area contributed by atoms with Crippen LogP contribution < -0.4 is 10.4 Å². The van der Waals surface area contributed by atoms with E-state index in [1.165, 1.54) is 27.8 Å². The van der Waals surface area contributed by atoms with Crippen molar-refractivity contribution in [1.29, 1.82) is 0 Å². The maximum absolute atomic E-state index is 14.0. The van der Waals surface area contributed by atoms with Crippen molar-refractivity contribution in [3.05, 3.63) is 81.9 Å². The highest BCUT2D eigenvalue weighted by atomic mass is 19.4. The van der Waals surface area contributed by atoms with Gasteiger partial charge >= 0.3 is 19.0 Å². The average molecular weight is 496 g/mol. The number of ether oxygens (including phenoxy) is 1. The summed E-state index contributed by atoms with van der Waals surface area (Å²) in [5.41, 5.74) is 3.42. The van der Waals surface area contributed by atoms with E-state index < -0.39 is 30.9 Å². The van der Waals surface area contributed by atoms with Crippen molar-refractivity contribution >= 4 is 30.2 Å². The van der Waals surface area contributed by atoms with Crippen molar-refractivity contribution in [2.45, 2.75) is 33.1 Å². The van der Waals surface area contributed by atoms with Gasteiger partial charge in [0.1, 0.15) is 6.61 Å². The van der Waals surface area contributed by atoms with Crippen LogP contribution in [0.15, 0.2) is 48.5 Å². The Morgan fingerprint density at radius 3 is 1.94 bits per heavy atom. The fourth-order valence-corrected chi connectivity index (χ4v) is 5.47. The molecule has 3 aromatic carbocycles. The third-order valence-corrected chi connectivity index (χ3v) is 7.02. The molecule has 0 aliphatic heterocycles. The van der Waals surface area contributed by atoms with Gasteiger partial charge in [-0.3, -0.25) is 9.69 Å². The summed E-state index contributed by atoms with van der Waals surface area (Å²) < 4.78 is 47.7. The van der Waals surface area contributed by atoms with Gasteiger partial charge in [-0.05, 0) is 54.2 Å². The fraction of sp³-hybridized carbons (Fsp3) is 0.259. The van der Waals surface area contributed by atoms with Crippen molar-refractivity contribution in [3.8, 4) is 11.1 Å². The zero-order chi connectivity index (χ0) is 26.4. The lowest BCUT2D eigenvalue weighted by atomic mass is 9.71. The first-order chi connectivity index (χ1) is 16.9. The molecule has 188 valence electrons. The highest BCUT2D eigenvalue weighted by Crippen LogP contribution is 2.44. The van der Waals surface area contributed by atoms with Crippen LogP contribution in [0.4, 0.5) is 23.4 Å². The predicted molar refractivity (Wildman–Crippen MR) is 134 cm³/mol. The first-order valence-electron chi connectivity index (χ1n) is 11.6. The number of rotatable bonds is 6. The van der Waals surface area contributed by atoms with Crippen molar-refractivity contribution in [1.82, 2.24) is 0 Å². The van der Waals surface area contributed by atoms with Crippen LogP contribution in [0.2, 0.25) is 0 Å². The van der Waals surface area contributed by atoms with Crippen LogP contribution in [0.3, 0.4) is 0 Å². The normalized spacial score (nSPS) is 12.8. The molecule has 1 N–H and O–H groups in total. The summed E-state index contributed by atoms with van der Waals surface area (Å²) in [6.07, 6.45) is -1.39. The van der Waals surface area contributed by atoms with Crippen LogP contribution in [0, 0.1) is 20.8 Å². The van der Waals surface area contributed by atoms with Crippen molar-refractivity contribution in [2.24, 2.45) is 0 Å². The number of anilines is 1. The number of carboxylic acids is 1. The molecular weight excluding hydrogens is 470 g/mol. The molecule has 0 unspecified atom stereocenters. The summed E-state index contributed by atoms with van der Waals surface area (Å²) in [6.45, 7) is -1.31. The summed E-state index contributed by atoms with van der Waals surface area (Å²) in [6, 6.07) is 15.7. The van der Waals surface area contributed by atoms with E-state index in [0.29, 0.717) is 5.56 Å². The Bertz CT molecular complexity index is 1320. The highest BCUT2D eigenvalue weighted by molar-refractivity contribution is 6.74. The Balaban J connectivity index is 1.67. The molecule has 0 fully saturated rings. The van der Waals surface area contributed by atoms with Crippen LogP contribution >= 0.6 is 0 Å². The fourth-order valence-electron chi connectivity index (χ4n) is 5.47. The molecule has 0 spiro atoms. The van der Waals surface area contributed by atoms with Gasteiger partial charge in [-0.25, -0.2) is 4.79 Å². The average Bonchev–Trinajstić information content (AvgIpc) is 3.13. The highest BCUT2D eigenvalue weighted by Gasteiger charge is 2.35. The molecule has 5 nitrogen and oxygen atoms in total. The topological polar surface area (TPSA) is 66.8 Å². The number of fused-ring (bicyclic) bond motifs is 3. The predicted octanol–water partition coefficient (Wildman–Crippen LogP) is 5.68. The van der Waals surface area contributed by atoms with E-state index in [2.05, 4.69) is 0 Å². The van der Waals surface area contributed by atoms with Gasteiger partial charge in [-0.15, -0.1) is 5.46 Å². The lowest BCUT2D eigenvalue weighted by molar-refractivity contribution is -0.136. The summed E-state index contributed by atoms with van der Waals surface area (Å²) in [7, 11) is 1.35. The van der Waals surface area contributed by atoms with Crippen molar-refractivity contribution < 1.29 is 32.4 Å². The summed E-state index contributed by atoms with van der Waals surface area (Å²) in [4.78, 5) is 25.6. The Hall–Kier alpha value is -3.75. The molecular formula is C27H26BF3NO4-. The standard InChI is InChI=1S/C27H26BF3NO4/c1-15-22(13-24(33)34)16(2)26(17(3)25(15)28(29,30)31)32(4)27(35)36-14-23-20-11-7-5-9-18(20)19-10-6-8-12-21(19)23/h5-12,23H,13-14H2,1-4H3,(H,33,34)/q-1. The molecule has 1 amide bonds. The molecule has 3 aromatic rings. The number of halogens is 3. The smallest absolute Gasteiger partial charge is 0.481 e. The Kier molecular flexibility index (Phi) is 6.60. The molecule has 0 aromatic heterocycles. The number of carbonyl (C=O) groups excluding carboxylic acids is 1. The summed E-state index contributed by atoms with van der Waals surface area (Å²) >= 11 is 0. The zero-order valence-electron chi connectivity index (χ0n) is 20.4. The van der Waals surface area contributed by atoms with E-state index in [1.807, 2.05) is 48.5 Å². The second kappa shape index (κ2) is 9.37. The molecule has 0 saturated heterocycles. The van der Waals surface area contributed by atoms with E-state index in [1.54, 1.807) is 0 Å². The monoisotopic (exact) mass is 496 g/mol. The van der Waals surface area contributed by atoms with Crippen LogP contribution in [0.25, 0.3) is 11.1 Å². The van der Waals surface area contributed by atoms with Crippen LogP contribution in [-0.2, 0) is 16.0 Å². The van der Waals surface area contributed by atoms with Crippen LogP contribution in [0.1, 0.15) is 39.3 Å². The van der Waals surface area contributed by atoms with Gasteiger partial charge in [0.2, 0.25) is 0 Å². The third kappa shape index (κ3) is 4.34. The van der Waals surface area contributed by atoms with E-state index >= 15 is 0 Å². The van der Waals surface area contributed by atoms with Gasteiger partial charge in [0, 0.05) is 18.7 Å². The lowest BCUT2D eigenvalue weighted by Crippen LogP contribution is -2.41. The number of benzene rings is 3. The zero-order valence-corrected chi connectivity index (χ0v) is 20.4. The van der Waals surface area contributed by atoms with Crippen LogP contribution in [0.5, 0.6) is 0 Å². The Labute approximate surface area is 207 Å². The molecule has 0 radical (unpaired) electrons. The summed E-state index contributed by atoms with van der Waals surface area (Å²) in [5.74, 6) is -1.45. The molecule has 0 atom stereocenters. The molecule has 36 heavy (non-hydrogen) atoms. The quantitative estimate of drug-likeness (QED) is 0.446. The van der Waals surface area contributed by atoms with Gasteiger partial charge in [0.05, 0.1) is 6.42 Å². The van der Waals surface area contributed by atoms with Gasteiger partial charge in [-0.1, -0.05) is 59.7 Å². The second-order valence-electron chi connectivity index (χ2n) is 9.12. The van der Waals surface area contributed by atoms with Gasteiger partial charge in [0.25, 0.3) is 0 Å². The molecule has 9 heteroatoms. The Morgan fingerprint density at radius 2 is 1.44 bits per heavy atom. The molecule has 4 rings (SSSR count). The molecule has 0 heterocycles. The maximum Gasteiger partial charge on any atom is 0.510 e. The van der Waals surface area contributed by atoms with E-state index in [9.17, 15) is 27.6 Å². The molecule has 1 aliphatic rings. The first kappa shape index (κ1) is 25.4. The van der Waals surface area contributed by atoms with E-state index in [-0.39, 0.29) is 34.9 Å². The second-order valence-corrected chi connectivity index (χ2v) is 9.12. The molecule has 1 aliphatic carbocycles. The molecule has 0 saturated carbocycles. The minimum atomic E-state index is -5.44. The van der Waals surface area contributed by atoms with Crippen molar-refractivity contribution in [3.63, 3.8) is 0 Å². The number of hydrogen-bond acceptors (Lipinski definition) is 3. The Morgan fingerprint density at radius 1 is 0.917 bits per heavy atom. The number of aliphatic carboxylic acids is 1. The van der Waals surface area contributed by atoms with Gasteiger partial charge in [-0.2, -0.15) is 0 Å². The molecule has 0 bridgehead atoms. The van der Waals surface area contributed by atoms with Crippen LogP contribution in [-0.4, -0.2) is 37.8 Å². The number of carbonyl (C=O) groups is 2. The lowest BCUT2D eigenvalue weighted by Gasteiger charge is -2.31. The number of carboxylic acid groups (broad SMARTS) is 1. The van der Waals surface area contributed by atoms with Gasteiger partial charge < -0.3 is 22.8 Å².